The predicted octanol–water partition coefficient (Wildman–Crippen LogP) is 0.0825. The van der Waals surface area contributed by atoms with E-state index in [2.05, 4.69) is 14.8 Å². The molecule has 1 saturated heterocycles. The summed E-state index contributed by atoms with van der Waals surface area (Å²) in [6.45, 7) is 2.26. The van der Waals surface area contributed by atoms with Crippen molar-refractivity contribution in [2.24, 2.45) is 0 Å². The van der Waals surface area contributed by atoms with Crippen molar-refractivity contribution in [1.29, 1.82) is 0 Å². The minimum Gasteiger partial charge on any atom is -0.163 e. The smallest absolute Gasteiger partial charge is 0.123 e. The zero-order valence-electron chi connectivity index (χ0n) is 3.62. The summed E-state index contributed by atoms with van der Waals surface area (Å²) in [5.74, 6) is 1.37. The van der Waals surface area contributed by atoms with E-state index in [-0.39, 0.29) is 0 Å². The molecule has 0 radical (unpaired) electrons. The Kier molecular flexibility index (Phi) is 0.523. The summed E-state index contributed by atoms with van der Waals surface area (Å²) in [6, 6.07) is 0. The van der Waals surface area contributed by atoms with E-state index < -0.39 is 0 Å². The monoisotopic (exact) mass is 86.0 g/mol. The van der Waals surface area contributed by atoms with Gasteiger partial charge in [-0.05, 0) is 4.65 Å². The minimum absolute atomic E-state index is 0.667. The lowest BCUT2D eigenvalue weighted by molar-refractivity contribution is 1.14. The molecule has 1 heterocycles. The van der Waals surface area contributed by atoms with Crippen molar-refractivity contribution < 1.29 is 0 Å². The standard InChI is InChI=1S/C3H7BS/c1-3(4)2-5-3/h2,4H2,1H3. The summed E-state index contributed by atoms with van der Waals surface area (Å²) in [5.41, 5.74) is 0. The van der Waals surface area contributed by atoms with Gasteiger partial charge < -0.3 is 0 Å². The van der Waals surface area contributed by atoms with E-state index in [0.717, 1.165) is 0 Å². The fraction of sp³-hybridized carbons (Fsp3) is 1.00. The third-order valence-electron chi connectivity index (χ3n) is 0.722. The Balaban J connectivity index is 2.38. The van der Waals surface area contributed by atoms with Crippen LogP contribution >= 0.6 is 11.8 Å². The van der Waals surface area contributed by atoms with Crippen LogP contribution in [0.3, 0.4) is 0 Å². The van der Waals surface area contributed by atoms with Gasteiger partial charge in [-0.3, -0.25) is 0 Å². The van der Waals surface area contributed by atoms with E-state index in [1.807, 2.05) is 11.8 Å². The molecular formula is C3H7BS. The first-order chi connectivity index (χ1) is 2.21. The highest BCUT2D eigenvalue weighted by Gasteiger charge is 2.31. The molecule has 0 nitrogen and oxygen atoms in total. The predicted molar refractivity (Wildman–Crippen MR) is 29.4 cm³/mol. The molecule has 0 aromatic heterocycles. The van der Waals surface area contributed by atoms with E-state index in [1.54, 1.807) is 0 Å². The van der Waals surface area contributed by atoms with E-state index in [4.69, 9.17) is 0 Å². The SMILES string of the molecule is BC1(C)CS1. The summed E-state index contributed by atoms with van der Waals surface area (Å²) < 4.78 is 0.667. The van der Waals surface area contributed by atoms with Crippen LogP contribution in [-0.4, -0.2) is 18.2 Å². The van der Waals surface area contributed by atoms with Crippen LogP contribution in [-0.2, 0) is 0 Å². The maximum absolute atomic E-state index is 2.26. The van der Waals surface area contributed by atoms with Gasteiger partial charge in [0.1, 0.15) is 7.85 Å². The van der Waals surface area contributed by atoms with Crippen LogP contribution in [0.15, 0.2) is 0 Å². The third-order valence-corrected chi connectivity index (χ3v) is 2.17. The Morgan fingerprint density at radius 2 is 2.20 bits per heavy atom. The Morgan fingerprint density at radius 3 is 2.20 bits per heavy atom. The molecule has 1 aliphatic heterocycles. The second-order valence-electron chi connectivity index (χ2n) is 2.05. The van der Waals surface area contributed by atoms with E-state index in [0.29, 0.717) is 4.65 Å². The first kappa shape index (κ1) is 3.60. The first-order valence-electron chi connectivity index (χ1n) is 1.85. The molecular weight excluding hydrogens is 78.9 g/mol. The van der Waals surface area contributed by atoms with Gasteiger partial charge in [0.2, 0.25) is 0 Å². The lowest BCUT2D eigenvalue weighted by atomic mass is 9.92. The highest BCUT2D eigenvalue weighted by Crippen LogP contribution is 2.40. The van der Waals surface area contributed by atoms with E-state index >= 15 is 0 Å². The Morgan fingerprint density at radius 1 is 2.00 bits per heavy atom. The van der Waals surface area contributed by atoms with Crippen LogP contribution in [0.1, 0.15) is 6.92 Å². The van der Waals surface area contributed by atoms with Crippen LogP contribution in [0, 0.1) is 0 Å². The molecule has 1 fully saturated rings. The Bertz CT molecular complexity index is 44.9. The van der Waals surface area contributed by atoms with Crippen molar-refractivity contribution >= 4 is 19.6 Å². The summed E-state index contributed by atoms with van der Waals surface area (Å²) in [7, 11) is 2.26. The molecule has 5 heavy (non-hydrogen) atoms. The molecule has 0 spiro atoms. The van der Waals surface area contributed by atoms with Crippen molar-refractivity contribution in [2.45, 2.75) is 11.6 Å². The fourth-order valence-corrected chi connectivity index (χ4v) is 0.433. The average molecular weight is 86.0 g/mol. The highest BCUT2D eigenvalue weighted by molar-refractivity contribution is 8.09. The second-order valence-corrected chi connectivity index (χ2v) is 3.73. The number of hydrogen-bond acceptors (Lipinski definition) is 1. The normalized spacial score (nSPS) is 49.0. The maximum atomic E-state index is 2.26. The van der Waals surface area contributed by atoms with Crippen LogP contribution in [0.25, 0.3) is 0 Å². The average Bonchev–Trinajstić information content (AvgIpc) is 1.76. The Hall–Kier alpha value is 0.415. The zero-order valence-corrected chi connectivity index (χ0v) is 4.43. The van der Waals surface area contributed by atoms with Gasteiger partial charge in [0.15, 0.2) is 0 Å². The second kappa shape index (κ2) is 0.727. The van der Waals surface area contributed by atoms with Gasteiger partial charge >= 0.3 is 0 Å². The molecule has 0 bridgehead atoms. The molecule has 0 saturated carbocycles. The molecule has 1 aliphatic rings. The third kappa shape index (κ3) is 0.878. The van der Waals surface area contributed by atoms with Gasteiger partial charge in [-0.2, -0.15) is 11.8 Å². The lowest BCUT2D eigenvalue weighted by Crippen LogP contribution is -1.97. The highest BCUT2D eigenvalue weighted by atomic mass is 32.2. The molecule has 28 valence electrons. The summed E-state index contributed by atoms with van der Waals surface area (Å²) >= 11 is 2.03. The Labute approximate surface area is 37.7 Å². The number of hydrogen-bond donors (Lipinski definition) is 0. The first-order valence-corrected chi connectivity index (χ1v) is 2.83. The molecule has 0 aliphatic carbocycles. The summed E-state index contributed by atoms with van der Waals surface area (Å²) in [5, 5.41) is 0. The van der Waals surface area contributed by atoms with Gasteiger partial charge in [-0.25, -0.2) is 0 Å². The van der Waals surface area contributed by atoms with Gasteiger partial charge in [-0.15, -0.1) is 0 Å². The topological polar surface area (TPSA) is 0 Å². The van der Waals surface area contributed by atoms with Gasteiger partial charge in [0, 0.05) is 5.75 Å². The molecule has 0 aromatic carbocycles. The molecule has 1 rings (SSSR count). The van der Waals surface area contributed by atoms with Crippen LogP contribution in [0.2, 0.25) is 0 Å². The maximum Gasteiger partial charge on any atom is 0.123 e. The molecule has 0 amide bonds. The zero-order chi connectivity index (χ0) is 3.91. The van der Waals surface area contributed by atoms with Crippen molar-refractivity contribution in [2.75, 3.05) is 5.75 Å². The van der Waals surface area contributed by atoms with Gasteiger partial charge in [0.25, 0.3) is 0 Å². The molecule has 0 aromatic rings. The quantitative estimate of drug-likeness (QED) is 0.297. The van der Waals surface area contributed by atoms with Gasteiger partial charge in [-0.1, -0.05) is 6.92 Å². The van der Waals surface area contributed by atoms with Crippen molar-refractivity contribution in [3.8, 4) is 0 Å². The molecule has 1 atom stereocenters. The lowest BCUT2D eigenvalue weighted by Gasteiger charge is -1.82. The van der Waals surface area contributed by atoms with E-state index in [1.165, 1.54) is 5.75 Å². The summed E-state index contributed by atoms with van der Waals surface area (Å²) in [6.07, 6.45) is 0. The van der Waals surface area contributed by atoms with Crippen molar-refractivity contribution in [3.63, 3.8) is 0 Å². The number of rotatable bonds is 0. The van der Waals surface area contributed by atoms with Crippen molar-refractivity contribution in [3.05, 3.63) is 0 Å². The largest absolute Gasteiger partial charge is 0.163 e. The fourth-order valence-electron chi connectivity index (χ4n) is 0.144. The van der Waals surface area contributed by atoms with Crippen LogP contribution in [0.5, 0.6) is 0 Å². The van der Waals surface area contributed by atoms with Gasteiger partial charge in [0.05, 0.1) is 0 Å². The minimum atomic E-state index is 0.667. The van der Waals surface area contributed by atoms with E-state index in [9.17, 15) is 0 Å². The van der Waals surface area contributed by atoms with Crippen molar-refractivity contribution in [1.82, 2.24) is 0 Å². The van der Waals surface area contributed by atoms with Crippen LogP contribution < -0.4 is 0 Å². The van der Waals surface area contributed by atoms with Crippen LogP contribution in [0.4, 0.5) is 0 Å². The summed E-state index contributed by atoms with van der Waals surface area (Å²) in [4.78, 5) is 0. The number of thioether (sulfide) groups is 1. The molecule has 0 N–H and O–H groups in total. The molecule has 1 unspecified atom stereocenters. The molecule has 2 heteroatoms.